The van der Waals surface area contributed by atoms with Crippen LogP contribution in [-0.4, -0.2) is 20.1 Å². The second-order valence-corrected chi connectivity index (χ2v) is 7.00. The van der Waals surface area contributed by atoms with E-state index in [-0.39, 0.29) is 11.9 Å². The minimum absolute atomic E-state index is 0.0751. The van der Waals surface area contributed by atoms with Crippen LogP contribution in [0.4, 0.5) is 11.4 Å². The third-order valence-electron chi connectivity index (χ3n) is 5.20. The first-order chi connectivity index (χ1) is 14.2. The average molecular weight is 388 g/mol. The molecule has 1 amide bonds. The van der Waals surface area contributed by atoms with Crippen molar-refractivity contribution < 1.29 is 14.3 Å². The Morgan fingerprint density at radius 1 is 0.931 bits per heavy atom. The average Bonchev–Trinajstić information content (AvgIpc) is 2.90. The molecule has 1 unspecified atom stereocenters. The SMILES string of the molecule is COc1ccc(C2CC(=O)N(Cc3ccccc3)c3ccccc3N2)cc1OC. The van der Waals surface area contributed by atoms with Crippen molar-refractivity contribution in [2.45, 2.75) is 19.0 Å². The molecule has 3 aromatic rings. The zero-order valence-electron chi connectivity index (χ0n) is 16.6. The lowest BCUT2D eigenvalue weighted by Gasteiger charge is -2.22. The highest BCUT2D eigenvalue weighted by molar-refractivity contribution is 5.98. The van der Waals surface area contributed by atoms with E-state index in [9.17, 15) is 4.79 Å². The number of methoxy groups -OCH3 is 2. The van der Waals surface area contributed by atoms with E-state index in [0.29, 0.717) is 24.5 Å². The van der Waals surface area contributed by atoms with Gasteiger partial charge in [-0.25, -0.2) is 0 Å². The Kier molecular flexibility index (Phi) is 5.38. The van der Waals surface area contributed by atoms with Crippen molar-refractivity contribution in [3.8, 4) is 11.5 Å². The molecule has 3 aromatic carbocycles. The molecule has 0 fully saturated rings. The highest BCUT2D eigenvalue weighted by Crippen LogP contribution is 2.38. The molecular formula is C24H24N2O3. The number of rotatable bonds is 5. The van der Waals surface area contributed by atoms with Crippen LogP contribution in [0.5, 0.6) is 11.5 Å². The molecular weight excluding hydrogens is 364 g/mol. The van der Waals surface area contributed by atoms with Crippen molar-refractivity contribution in [2.24, 2.45) is 0 Å². The number of amides is 1. The number of hydrogen-bond donors (Lipinski definition) is 1. The zero-order chi connectivity index (χ0) is 20.2. The van der Waals surface area contributed by atoms with Gasteiger partial charge in [0.25, 0.3) is 0 Å². The molecule has 5 nitrogen and oxygen atoms in total. The Labute approximate surface area is 170 Å². The van der Waals surface area contributed by atoms with Gasteiger partial charge in [-0.05, 0) is 35.4 Å². The molecule has 5 heteroatoms. The van der Waals surface area contributed by atoms with Gasteiger partial charge in [0.05, 0.1) is 44.6 Å². The molecule has 0 radical (unpaired) electrons. The van der Waals surface area contributed by atoms with E-state index in [1.165, 1.54) is 0 Å². The van der Waals surface area contributed by atoms with E-state index in [1.54, 1.807) is 14.2 Å². The van der Waals surface area contributed by atoms with E-state index in [1.807, 2.05) is 77.7 Å². The van der Waals surface area contributed by atoms with Crippen molar-refractivity contribution in [2.75, 3.05) is 24.4 Å². The fourth-order valence-corrected chi connectivity index (χ4v) is 3.70. The van der Waals surface area contributed by atoms with Gasteiger partial charge >= 0.3 is 0 Å². The van der Waals surface area contributed by atoms with Gasteiger partial charge in [0.1, 0.15) is 0 Å². The molecule has 0 spiro atoms. The fourth-order valence-electron chi connectivity index (χ4n) is 3.70. The summed E-state index contributed by atoms with van der Waals surface area (Å²) in [5, 5.41) is 3.55. The second-order valence-electron chi connectivity index (χ2n) is 7.00. The maximum atomic E-state index is 13.3. The number of anilines is 2. The Bertz CT molecular complexity index is 1000. The Morgan fingerprint density at radius 3 is 2.41 bits per heavy atom. The summed E-state index contributed by atoms with van der Waals surface area (Å²) in [4.78, 5) is 15.1. The van der Waals surface area contributed by atoms with Crippen LogP contribution in [-0.2, 0) is 11.3 Å². The van der Waals surface area contributed by atoms with Crippen LogP contribution in [0.25, 0.3) is 0 Å². The highest BCUT2D eigenvalue weighted by Gasteiger charge is 2.28. The predicted octanol–water partition coefficient (Wildman–Crippen LogP) is 4.79. The first kappa shape index (κ1) is 18.9. The first-order valence-electron chi connectivity index (χ1n) is 9.61. The van der Waals surface area contributed by atoms with E-state index in [4.69, 9.17) is 9.47 Å². The van der Waals surface area contributed by atoms with Crippen molar-refractivity contribution in [1.29, 1.82) is 0 Å². The molecule has 0 bridgehead atoms. The molecule has 0 saturated carbocycles. The van der Waals surface area contributed by atoms with Gasteiger partial charge in [-0.3, -0.25) is 4.79 Å². The van der Waals surface area contributed by atoms with Crippen LogP contribution in [0.15, 0.2) is 72.8 Å². The van der Waals surface area contributed by atoms with Gasteiger partial charge in [-0.15, -0.1) is 0 Å². The number of carbonyl (C=O) groups excluding carboxylic acids is 1. The molecule has 1 N–H and O–H groups in total. The quantitative estimate of drug-likeness (QED) is 0.683. The lowest BCUT2D eigenvalue weighted by molar-refractivity contribution is -0.118. The summed E-state index contributed by atoms with van der Waals surface area (Å²) in [5.74, 6) is 1.39. The molecule has 1 aliphatic heterocycles. The smallest absolute Gasteiger partial charge is 0.229 e. The summed E-state index contributed by atoms with van der Waals surface area (Å²) in [6, 6.07) is 23.6. The van der Waals surface area contributed by atoms with Gasteiger partial charge in [0.15, 0.2) is 11.5 Å². The Morgan fingerprint density at radius 2 is 1.66 bits per heavy atom. The Balaban J connectivity index is 1.69. The third-order valence-corrected chi connectivity index (χ3v) is 5.20. The topological polar surface area (TPSA) is 50.8 Å². The first-order valence-corrected chi connectivity index (χ1v) is 9.61. The zero-order valence-corrected chi connectivity index (χ0v) is 16.6. The number of benzene rings is 3. The van der Waals surface area contributed by atoms with Crippen LogP contribution in [0.3, 0.4) is 0 Å². The number of carbonyl (C=O) groups is 1. The number of nitrogens with zero attached hydrogens (tertiary/aromatic N) is 1. The van der Waals surface area contributed by atoms with Crippen molar-refractivity contribution in [3.05, 3.63) is 83.9 Å². The maximum Gasteiger partial charge on any atom is 0.229 e. The lowest BCUT2D eigenvalue weighted by atomic mass is 10.0. The molecule has 0 aromatic heterocycles. The van der Waals surface area contributed by atoms with E-state index < -0.39 is 0 Å². The van der Waals surface area contributed by atoms with Crippen LogP contribution >= 0.6 is 0 Å². The maximum absolute atomic E-state index is 13.3. The summed E-state index contributed by atoms with van der Waals surface area (Å²) in [6.07, 6.45) is 0.344. The molecule has 0 saturated heterocycles. The fraction of sp³-hybridized carbons (Fsp3) is 0.208. The number of hydrogen-bond acceptors (Lipinski definition) is 4. The van der Waals surface area contributed by atoms with Crippen molar-refractivity contribution in [1.82, 2.24) is 0 Å². The number of ether oxygens (including phenoxy) is 2. The summed E-state index contributed by atoms with van der Waals surface area (Å²) in [6.45, 7) is 0.539. The highest BCUT2D eigenvalue weighted by atomic mass is 16.5. The number of nitrogens with one attached hydrogen (secondary N) is 1. The molecule has 148 valence electrons. The van der Waals surface area contributed by atoms with Gasteiger partial charge in [-0.1, -0.05) is 48.5 Å². The molecule has 1 aliphatic rings. The Hall–Kier alpha value is -3.47. The minimum atomic E-state index is -0.163. The normalized spacial score (nSPS) is 15.9. The second kappa shape index (κ2) is 8.27. The summed E-state index contributed by atoms with van der Waals surface area (Å²) in [5.41, 5.74) is 3.91. The van der Waals surface area contributed by atoms with Gasteiger partial charge in [0.2, 0.25) is 5.91 Å². The summed E-state index contributed by atoms with van der Waals surface area (Å²) >= 11 is 0. The van der Waals surface area contributed by atoms with Crippen molar-refractivity contribution >= 4 is 17.3 Å². The lowest BCUT2D eigenvalue weighted by Crippen LogP contribution is -2.30. The van der Waals surface area contributed by atoms with Gasteiger partial charge in [0, 0.05) is 0 Å². The largest absolute Gasteiger partial charge is 0.493 e. The van der Waals surface area contributed by atoms with Crippen LogP contribution in [0, 0.1) is 0 Å². The standard InChI is InChI=1S/C24H24N2O3/c1-28-22-13-12-18(14-23(22)29-2)20-15-24(27)26(16-17-8-4-3-5-9-17)21-11-7-6-10-19(21)25-20/h3-14,20,25H,15-16H2,1-2H3. The summed E-state index contributed by atoms with van der Waals surface area (Å²) < 4.78 is 10.8. The minimum Gasteiger partial charge on any atom is -0.493 e. The molecule has 1 heterocycles. The molecule has 29 heavy (non-hydrogen) atoms. The predicted molar refractivity (Wildman–Crippen MR) is 115 cm³/mol. The summed E-state index contributed by atoms with van der Waals surface area (Å²) in [7, 11) is 3.23. The van der Waals surface area contributed by atoms with Gasteiger partial charge in [-0.2, -0.15) is 0 Å². The third kappa shape index (κ3) is 3.90. The number of para-hydroxylation sites is 2. The molecule has 1 atom stereocenters. The molecule has 0 aliphatic carbocycles. The van der Waals surface area contributed by atoms with E-state index >= 15 is 0 Å². The van der Waals surface area contributed by atoms with Crippen LogP contribution in [0.2, 0.25) is 0 Å². The number of fused-ring (bicyclic) bond motifs is 1. The van der Waals surface area contributed by atoms with E-state index in [2.05, 4.69) is 5.32 Å². The van der Waals surface area contributed by atoms with Crippen LogP contribution < -0.4 is 19.7 Å². The molecule has 4 rings (SSSR count). The monoisotopic (exact) mass is 388 g/mol. The van der Waals surface area contributed by atoms with Crippen LogP contribution in [0.1, 0.15) is 23.6 Å². The van der Waals surface area contributed by atoms with Gasteiger partial charge < -0.3 is 19.7 Å². The van der Waals surface area contributed by atoms with E-state index in [0.717, 1.165) is 22.5 Å². The van der Waals surface area contributed by atoms with Crippen molar-refractivity contribution in [3.63, 3.8) is 0 Å².